The van der Waals surface area contributed by atoms with E-state index < -0.39 is 0 Å². The quantitative estimate of drug-likeness (QED) is 0.775. The molecule has 1 N–H and O–H groups in total. The minimum Gasteiger partial charge on any atom is -0.376 e. The van der Waals surface area contributed by atoms with Crippen LogP contribution in [0.4, 0.5) is 5.69 Å². The van der Waals surface area contributed by atoms with Crippen LogP contribution in [0.5, 0.6) is 0 Å². The van der Waals surface area contributed by atoms with E-state index in [-0.39, 0.29) is 6.04 Å². The standard InChI is InChI=1S/C15H15N3S/c1-10(15-9-19-11(2)18-15)17-14-5-3-4-12-6-7-16-8-13(12)14/h3-10,17H,1-2H3. The number of fused-ring (bicyclic) bond motifs is 1. The number of aryl methyl sites for hydroxylation is 1. The number of hydrogen-bond acceptors (Lipinski definition) is 4. The highest BCUT2D eigenvalue weighted by Gasteiger charge is 2.10. The van der Waals surface area contributed by atoms with Gasteiger partial charge in [-0.25, -0.2) is 4.98 Å². The SMILES string of the molecule is Cc1nc(C(C)Nc2cccc3ccncc23)cs1. The first-order valence-corrected chi connectivity index (χ1v) is 7.13. The molecule has 0 amide bonds. The molecule has 0 spiro atoms. The van der Waals surface area contributed by atoms with E-state index in [1.807, 2.05) is 25.4 Å². The first-order chi connectivity index (χ1) is 9.24. The van der Waals surface area contributed by atoms with Gasteiger partial charge in [0.15, 0.2) is 0 Å². The van der Waals surface area contributed by atoms with Crippen LogP contribution >= 0.6 is 11.3 Å². The van der Waals surface area contributed by atoms with Gasteiger partial charge in [0.05, 0.1) is 16.7 Å². The lowest BCUT2D eigenvalue weighted by molar-refractivity contribution is 0.847. The van der Waals surface area contributed by atoms with Gasteiger partial charge in [-0.1, -0.05) is 12.1 Å². The molecule has 0 saturated carbocycles. The Morgan fingerprint density at radius 2 is 2.16 bits per heavy atom. The fourth-order valence-corrected chi connectivity index (χ4v) is 2.83. The Bertz CT molecular complexity index is 700. The van der Waals surface area contributed by atoms with Gasteiger partial charge in [0.1, 0.15) is 0 Å². The molecule has 3 aromatic rings. The molecule has 3 rings (SSSR count). The van der Waals surface area contributed by atoms with Crippen molar-refractivity contribution in [2.24, 2.45) is 0 Å². The summed E-state index contributed by atoms with van der Waals surface area (Å²) in [5.74, 6) is 0. The van der Waals surface area contributed by atoms with Crippen LogP contribution in [0.3, 0.4) is 0 Å². The molecule has 2 aromatic heterocycles. The van der Waals surface area contributed by atoms with Gasteiger partial charge < -0.3 is 5.32 Å². The van der Waals surface area contributed by atoms with Crippen LogP contribution < -0.4 is 5.32 Å². The summed E-state index contributed by atoms with van der Waals surface area (Å²) in [5.41, 5.74) is 2.19. The van der Waals surface area contributed by atoms with Gasteiger partial charge in [-0.05, 0) is 31.4 Å². The molecule has 96 valence electrons. The smallest absolute Gasteiger partial charge is 0.0898 e. The minimum atomic E-state index is 0.191. The zero-order valence-electron chi connectivity index (χ0n) is 10.9. The van der Waals surface area contributed by atoms with Crippen molar-refractivity contribution < 1.29 is 0 Å². The van der Waals surface area contributed by atoms with Crippen LogP contribution in [0.15, 0.2) is 42.0 Å². The van der Waals surface area contributed by atoms with E-state index in [1.54, 1.807) is 11.3 Å². The molecule has 0 saturated heterocycles. The Hall–Kier alpha value is -1.94. The molecule has 0 aliphatic heterocycles. The number of nitrogens with zero attached hydrogens (tertiary/aromatic N) is 2. The summed E-state index contributed by atoms with van der Waals surface area (Å²) < 4.78 is 0. The fourth-order valence-electron chi connectivity index (χ4n) is 2.13. The average molecular weight is 269 g/mol. The predicted molar refractivity (Wildman–Crippen MR) is 80.6 cm³/mol. The van der Waals surface area contributed by atoms with Crippen molar-refractivity contribution in [2.75, 3.05) is 5.32 Å². The largest absolute Gasteiger partial charge is 0.376 e. The van der Waals surface area contributed by atoms with Crippen LogP contribution in [-0.2, 0) is 0 Å². The maximum Gasteiger partial charge on any atom is 0.0898 e. The maximum atomic E-state index is 4.53. The molecule has 0 fully saturated rings. The second-order valence-electron chi connectivity index (χ2n) is 4.56. The Morgan fingerprint density at radius 1 is 1.26 bits per heavy atom. The highest BCUT2D eigenvalue weighted by molar-refractivity contribution is 7.09. The van der Waals surface area contributed by atoms with Gasteiger partial charge in [-0.2, -0.15) is 0 Å². The number of thiazole rings is 1. The first-order valence-electron chi connectivity index (χ1n) is 6.25. The number of anilines is 1. The summed E-state index contributed by atoms with van der Waals surface area (Å²) in [7, 11) is 0. The summed E-state index contributed by atoms with van der Waals surface area (Å²) in [6.45, 7) is 4.16. The van der Waals surface area contributed by atoms with Crippen LogP contribution in [0.1, 0.15) is 23.7 Å². The highest BCUT2D eigenvalue weighted by atomic mass is 32.1. The molecule has 4 heteroatoms. The van der Waals surface area contributed by atoms with Crippen molar-refractivity contribution >= 4 is 27.8 Å². The molecular formula is C15H15N3S. The third-order valence-electron chi connectivity index (χ3n) is 3.14. The molecule has 0 aliphatic carbocycles. The zero-order chi connectivity index (χ0) is 13.2. The molecular weight excluding hydrogens is 254 g/mol. The number of rotatable bonds is 3. The molecule has 19 heavy (non-hydrogen) atoms. The fraction of sp³-hybridized carbons (Fsp3) is 0.200. The summed E-state index contributed by atoms with van der Waals surface area (Å²) in [5, 5.41) is 9.06. The molecule has 1 unspecified atom stereocenters. The van der Waals surface area contributed by atoms with Crippen LogP contribution in [-0.4, -0.2) is 9.97 Å². The number of aromatic nitrogens is 2. The van der Waals surface area contributed by atoms with Crippen molar-refractivity contribution in [3.63, 3.8) is 0 Å². The van der Waals surface area contributed by atoms with Gasteiger partial charge in [0.25, 0.3) is 0 Å². The number of hydrogen-bond donors (Lipinski definition) is 1. The van der Waals surface area contributed by atoms with E-state index in [0.717, 1.165) is 21.8 Å². The topological polar surface area (TPSA) is 37.8 Å². The lowest BCUT2D eigenvalue weighted by atomic mass is 10.1. The van der Waals surface area contributed by atoms with Crippen molar-refractivity contribution in [3.8, 4) is 0 Å². The zero-order valence-corrected chi connectivity index (χ0v) is 11.7. The lowest BCUT2D eigenvalue weighted by Gasteiger charge is -2.15. The van der Waals surface area contributed by atoms with E-state index in [4.69, 9.17) is 0 Å². The molecule has 0 bridgehead atoms. The summed E-state index contributed by atoms with van der Waals surface area (Å²) in [6.07, 6.45) is 3.72. The van der Waals surface area contributed by atoms with Crippen LogP contribution in [0.2, 0.25) is 0 Å². The molecule has 1 aromatic carbocycles. The van der Waals surface area contributed by atoms with Gasteiger partial charge in [0.2, 0.25) is 0 Å². The van der Waals surface area contributed by atoms with Gasteiger partial charge in [0, 0.05) is 28.8 Å². The molecule has 0 aliphatic rings. The van der Waals surface area contributed by atoms with Crippen molar-refractivity contribution in [3.05, 3.63) is 52.7 Å². The molecule has 1 atom stereocenters. The third kappa shape index (κ3) is 2.44. The van der Waals surface area contributed by atoms with Crippen molar-refractivity contribution in [2.45, 2.75) is 19.9 Å². The average Bonchev–Trinajstić information content (AvgIpc) is 2.86. The molecule has 0 radical (unpaired) electrons. The van der Waals surface area contributed by atoms with E-state index in [1.165, 1.54) is 5.39 Å². The van der Waals surface area contributed by atoms with Gasteiger partial charge >= 0.3 is 0 Å². The second kappa shape index (κ2) is 4.97. The van der Waals surface area contributed by atoms with E-state index in [2.05, 4.69) is 45.8 Å². The highest BCUT2D eigenvalue weighted by Crippen LogP contribution is 2.26. The summed E-state index contributed by atoms with van der Waals surface area (Å²) >= 11 is 1.68. The predicted octanol–water partition coefficient (Wildman–Crippen LogP) is 4.17. The van der Waals surface area contributed by atoms with E-state index in [9.17, 15) is 0 Å². The summed E-state index contributed by atoms with van der Waals surface area (Å²) in [6, 6.07) is 8.46. The Morgan fingerprint density at radius 3 is 2.95 bits per heavy atom. The number of benzene rings is 1. The van der Waals surface area contributed by atoms with E-state index >= 15 is 0 Å². The maximum absolute atomic E-state index is 4.53. The molecule has 2 heterocycles. The first kappa shape index (κ1) is 12.1. The molecule has 3 nitrogen and oxygen atoms in total. The van der Waals surface area contributed by atoms with Crippen molar-refractivity contribution in [1.29, 1.82) is 0 Å². The Balaban J connectivity index is 1.93. The normalized spacial score (nSPS) is 12.5. The van der Waals surface area contributed by atoms with Crippen molar-refractivity contribution in [1.82, 2.24) is 9.97 Å². The van der Waals surface area contributed by atoms with Gasteiger partial charge in [-0.3, -0.25) is 4.98 Å². The number of pyridine rings is 1. The number of nitrogens with one attached hydrogen (secondary N) is 1. The lowest BCUT2D eigenvalue weighted by Crippen LogP contribution is -2.07. The van der Waals surface area contributed by atoms with Crippen LogP contribution in [0, 0.1) is 6.92 Å². The Kier molecular flexibility index (Phi) is 3.17. The second-order valence-corrected chi connectivity index (χ2v) is 5.62. The van der Waals surface area contributed by atoms with E-state index in [0.29, 0.717) is 0 Å². The van der Waals surface area contributed by atoms with Crippen LogP contribution in [0.25, 0.3) is 10.8 Å². The third-order valence-corrected chi connectivity index (χ3v) is 3.93. The monoisotopic (exact) mass is 269 g/mol. The summed E-state index contributed by atoms with van der Waals surface area (Å²) in [4.78, 5) is 8.73. The Labute approximate surface area is 116 Å². The minimum absolute atomic E-state index is 0.191. The van der Waals surface area contributed by atoms with Gasteiger partial charge in [-0.15, -0.1) is 11.3 Å².